The molecule has 29 heavy (non-hydrogen) atoms. The van der Waals surface area contributed by atoms with Crippen molar-refractivity contribution in [1.82, 2.24) is 15.5 Å². The van der Waals surface area contributed by atoms with Gasteiger partial charge in [-0.3, -0.25) is 14.5 Å². The molecular formula is C20H31N3O6. The fourth-order valence-electron chi connectivity index (χ4n) is 3.05. The first-order valence-corrected chi connectivity index (χ1v) is 9.74. The van der Waals surface area contributed by atoms with Gasteiger partial charge in [0.05, 0.1) is 34.5 Å². The maximum Gasteiger partial charge on any atom is 0.251 e. The molecule has 0 aliphatic carbocycles. The third-order valence-electron chi connectivity index (χ3n) is 4.64. The Labute approximate surface area is 171 Å². The van der Waals surface area contributed by atoms with E-state index >= 15 is 0 Å². The Bertz CT molecular complexity index is 651. The van der Waals surface area contributed by atoms with E-state index < -0.39 is 0 Å². The molecule has 162 valence electrons. The summed E-state index contributed by atoms with van der Waals surface area (Å²) in [6.45, 7) is 5.25. The molecule has 0 bridgehead atoms. The fraction of sp³-hybridized carbons (Fsp3) is 0.600. The minimum absolute atomic E-state index is 0.0860. The van der Waals surface area contributed by atoms with Crippen LogP contribution in [0, 0.1) is 0 Å². The topological polar surface area (TPSA) is 98.4 Å². The van der Waals surface area contributed by atoms with Crippen molar-refractivity contribution in [3.63, 3.8) is 0 Å². The molecule has 1 aliphatic heterocycles. The normalized spacial score (nSPS) is 14.2. The van der Waals surface area contributed by atoms with Crippen molar-refractivity contribution in [1.29, 1.82) is 0 Å². The average molecular weight is 409 g/mol. The van der Waals surface area contributed by atoms with Crippen molar-refractivity contribution in [2.75, 3.05) is 67.3 Å². The Morgan fingerprint density at radius 3 is 2.24 bits per heavy atom. The van der Waals surface area contributed by atoms with Crippen LogP contribution in [0.25, 0.3) is 0 Å². The number of morpholine rings is 1. The van der Waals surface area contributed by atoms with E-state index in [1.54, 1.807) is 12.1 Å². The lowest BCUT2D eigenvalue weighted by Gasteiger charge is -2.26. The second kappa shape index (κ2) is 12.1. The summed E-state index contributed by atoms with van der Waals surface area (Å²) in [6.07, 6.45) is 1.11. The minimum Gasteiger partial charge on any atom is -0.493 e. The van der Waals surface area contributed by atoms with E-state index in [0.29, 0.717) is 29.4 Å². The molecule has 1 saturated heterocycles. The lowest BCUT2D eigenvalue weighted by atomic mass is 10.1. The van der Waals surface area contributed by atoms with Crippen molar-refractivity contribution in [3.05, 3.63) is 17.7 Å². The number of nitrogens with one attached hydrogen (secondary N) is 2. The molecule has 9 nitrogen and oxygen atoms in total. The van der Waals surface area contributed by atoms with Gasteiger partial charge in [-0.2, -0.15) is 0 Å². The van der Waals surface area contributed by atoms with Crippen LogP contribution in [0.1, 0.15) is 23.2 Å². The molecule has 0 atom stereocenters. The van der Waals surface area contributed by atoms with Gasteiger partial charge in [0.1, 0.15) is 0 Å². The van der Waals surface area contributed by atoms with Crippen molar-refractivity contribution < 1.29 is 28.5 Å². The van der Waals surface area contributed by atoms with Gasteiger partial charge in [0.15, 0.2) is 11.5 Å². The molecular weight excluding hydrogens is 378 g/mol. The molecule has 0 unspecified atom stereocenters. The van der Waals surface area contributed by atoms with E-state index in [9.17, 15) is 9.59 Å². The summed E-state index contributed by atoms with van der Waals surface area (Å²) >= 11 is 0. The monoisotopic (exact) mass is 409 g/mol. The van der Waals surface area contributed by atoms with Crippen molar-refractivity contribution in [3.8, 4) is 17.2 Å². The molecule has 0 radical (unpaired) electrons. The van der Waals surface area contributed by atoms with E-state index in [4.69, 9.17) is 18.9 Å². The molecule has 1 aromatic carbocycles. The van der Waals surface area contributed by atoms with Gasteiger partial charge in [0, 0.05) is 38.2 Å². The number of hydrogen-bond donors (Lipinski definition) is 2. The zero-order chi connectivity index (χ0) is 21.1. The Hall–Kier alpha value is -2.52. The SMILES string of the molecule is COc1cc(C(=O)NCCC(=O)NCCCN2CCOCC2)cc(OC)c1OC. The molecule has 0 spiro atoms. The van der Waals surface area contributed by atoms with Crippen LogP contribution < -0.4 is 24.8 Å². The molecule has 2 amide bonds. The molecule has 9 heteroatoms. The van der Waals surface area contributed by atoms with Crippen LogP contribution >= 0.6 is 0 Å². The van der Waals surface area contributed by atoms with Gasteiger partial charge in [-0.25, -0.2) is 0 Å². The fourth-order valence-corrected chi connectivity index (χ4v) is 3.05. The van der Waals surface area contributed by atoms with Gasteiger partial charge >= 0.3 is 0 Å². The summed E-state index contributed by atoms with van der Waals surface area (Å²) in [6, 6.07) is 3.14. The maximum atomic E-state index is 12.4. The smallest absolute Gasteiger partial charge is 0.251 e. The van der Waals surface area contributed by atoms with Gasteiger partial charge in [-0.15, -0.1) is 0 Å². The number of nitrogens with zero attached hydrogens (tertiary/aromatic N) is 1. The Kier molecular flexibility index (Phi) is 9.52. The van der Waals surface area contributed by atoms with E-state index in [-0.39, 0.29) is 24.8 Å². The zero-order valence-electron chi connectivity index (χ0n) is 17.4. The van der Waals surface area contributed by atoms with Crippen molar-refractivity contribution in [2.24, 2.45) is 0 Å². The highest BCUT2D eigenvalue weighted by molar-refractivity contribution is 5.95. The van der Waals surface area contributed by atoms with Gasteiger partial charge in [0.2, 0.25) is 11.7 Å². The van der Waals surface area contributed by atoms with Gasteiger partial charge in [-0.05, 0) is 25.1 Å². The third-order valence-corrected chi connectivity index (χ3v) is 4.64. The highest BCUT2D eigenvalue weighted by Gasteiger charge is 2.17. The first kappa shape index (κ1) is 22.8. The maximum absolute atomic E-state index is 12.4. The molecule has 1 fully saturated rings. The van der Waals surface area contributed by atoms with Crippen molar-refractivity contribution >= 4 is 11.8 Å². The summed E-state index contributed by atoms with van der Waals surface area (Å²) in [5, 5.41) is 5.62. The molecule has 2 N–H and O–H groups in total. The quantitative estimate of drug-likeness (QED) is 0.519. The Morgan fingerprint density at radius 1 is 1.00 bits per heavy atom. The van der Waals surface area contributed by atoms with Crippen LogP contribution in [0.3, 0.4) is 0 Å². The number of benzene rings is 1. The standard InChI is InChI=1S/C20H31N3O6/c1-26-16-13-15(14-17(27-2)19(16)28-3)20(25)22-7-5-18(24)21-6-4-8-23-9-11-29-12-10-23/h13-14H,4-12H2,1-3H3,(H,21,24)(H,22,25). The second-order valence-electron chi connectivity index (χ2n) is 6.58. The number of carbonyl (C=O) groups excluding carboxylic acids is 2. The van der Waals surface area contributed by atoms with E-state index in [1.165, 1.54) is 21.3 Å². The summed E-state index contributed by atoms with van der Waals surface area (Å²) < 4.78 is 21.1. The number of carbonyl (C=O) groups is 2. The highest BCUT2D eigenvalue weighted by atomic mass is 16.5. The predicted molar refractivity (Wildman–Crippen MR) is 108 cm³/mol. The van der Waals surface area contributed by atoms with E-state index in [0.717, 1.165) is 39.3 Å². The molecule has 1 aromatic rings. The molecule has 0 aromatic heterocycles. The molecule has 1 aliphatic rings. The lowest BCUT2D eigenvalue weighted by Crippen LogP contribution is -2.38. The van der Waals surface area contributed by atoms with Crippen LogP contribution in [0.15, 0.2) is 12.1 Å². The number of hydrogen-bond acceptors (Lipinski definition) is 7. The second-order valence-corrected chi connectivity index (χ2v) is 6.58. The first-order valence-electron chi connectivity index (χ1n) is 9.74. The van der Waals surface area contributed by atoms with E-state index in [1.807, 2.05) is 0 Å². The van der Waals surface area contributed by atoms with Crippen LogP contribution in [0.4, 0.5) is 0 Å². The third kappa shape index (κ3) is 7.10. The summed E-state index contributed by atoms with van der Waals surface area (Å²) in [5.41, 5.74) is 0.366. The molecule has 2 rings (SSSR count). The van der Waals surface area contributed by atoms with Crippen LogP contribution in [0.2, 0.25) is 0 Å². The van der Waals surface area contributed by atoms with E-state index in [2.05, 4.69) is 15.5 Å². The molecule has 0 saturated carbocycles. The van der Waals surface area contributed by atoms with Gasteiger partial charge in [0.25, 0.3) is 5.91 Å². The number of methoxy groups -OCH3 is 3. The predicted octanol–water partition coefficient (Wildman–Crippen LogP) is 0.671. The Morgan fingerprint density at radius 2 is 1.66 bits per heavy atom. The Balaban J connectivity index is 1.71. The van der Waals surface area contributed by atoms with Gasteiger partial charge < -0.3 is 29.6 Å². The van der Waals surface area contributed by atoms with Crippen LogP contribution in [0.5, 0.6) is 17.2 Å². The average Bonchev–Trinajstić information content (AvgIpc) is 2.76. The summed E-state index contributed by atoms with van der Waals surface area (Å²) in [5.74, 6) is 0.814. The van der Waals surface area contributed by atoms with Crippen LogP contribution in [-0.2, 0) is 9.53 Å². The largest absolute Gasteiger partial charge is 0.493 e. The number of ether oxygens (including phenoxy) is 4. The highest BCUT2D eigenvalue weighted by Crippen LogP contribution is 2.38. The minimum atomic E-state index is -0.315. The summed E-state index contributed by atoms with van der Waals surface area (Å²) in [7, 11) is 4.48. The van der Waals surface area contributed by atoms with Crippen molar-refractivity contribution in [2.45, 2.75) is 12.8 Å². The number of rotatable bonds is 11. The van der Waals surface area contributed by atoms with Gasteiger partial charge in [-0.1, -0.05) is 0 Å². The zero-order valence-corrected chi connectivity index (χ0v) is 17.4. The summed E-state index contributed by atoms with van der Waals surface area (Å²) in [4.78, 5) is 26.7. The number of amides is 2. The van der Waals surface area contributed by atoms with Crippen LogP contribution in [-0.4, -0.2) is 84.0 Å². The first-order chi connectivity index (χ1) is 14.1. The molecule has 1 heterocycles. The lowest BCUT2D eigenvalue weighted by molar-refractivity contribution is -0.120.